The van der Waals surface area contributed by atoms with Crippen molar-refractivity contribution in [2.75, 3.05) is 26.2 Å². The summed E-state index contributed by atoms with van der Waals surface area (Å²) >= 11 is 28.7. The molecule has 6 rings (SSSR count). The maximum Gasteiger partial charge on any atom is 0.0968 e. The summed E-state index contributed by atoms with van der Waals surface area (Å²) in [5, 5.41) is 8.09. The second-order valence-electron chi connectivity index (χ2n) is 8.86. The van der Waals surface area contributed by atoms with E-state index in [0.29, 0.717) is 46.3 Å². The molecular formula is C25H22Cl4N2O2S2. The molecule has 0 aliphatic carbocycles. The van der Waals surface area contributed by atoms with E-state index in [-0.39, 0.29) is 18.3 Å². The Morgan fingerprint density at radius 3 is 2.09 bits per heavy atom. The molecule has 2 aromatic heterocycles. The third-order valence-electron chi connectivity index (χ3n) is 6.67. The number of benzene rings is 2. The topological polar surface area (TPSA) is 56.5 Å². The monoisotopic (exact) mass is 586 g/mol. The number of nitrogens with two attached hydrogens (primary N) is 1. The van der Waals surface area contributed by atoms with Crippen molar-refractivity contribution in [1.82, 2.24) is 5.32 Å². The molecule has 3 atom stereocenters. The molecule has 2 aliphatic heterocycles. The molecule has 35 heavy (non-hydrogen) atoms. The van der Waals surface area contributed by atoms with Crippen molar-refractivity contribution in [2.45, 2.75) is 31.2 Å². The van der Waals surface area contributed by atoms with Crippen LogP contribution in [0, 0.1) is 0 Å². The second-order valence-corrected chi connectivity index (χ2v) is 12.8. The number of ether oxygens (including phenoxy) is 2. The molecule has 4 nitrogen and oxygen atoms in total. The van der Waals surface area contributed by atoms with Gasteiger partial charge in [0, 0.05) is 73.5 Å². The van der Waals surface area contributed by atoms with E-state index in [1.165, 1.54) is 15.3 Å². The van der Waals surface area contributed by atoms with Crippen molar-refractivity contribution in [3.63, 3.8) is 0 Å². The van der Waals surface area contributed by atoms with Crippen LogP contribution in [0.4, 0.5) is 0 Å². The number of halogens is 4. The predicted molar refractivity (Wildman–Crippen MR) is 149 cm³/mol. The van der Waals surface area contributed by atoms with Gasteiger partial charge in [-0.05, 0) is 24.3 Å². The molecule has 0 amide bonds. The summed E-state index contributed by atoms with van der Waals surface area (Å²) in [6.07, 6.45) is 1.54. The van der Waals surface area contributed by atoms with Crippen LogP contribution in [-0.2, 0) is 22.3 Å². The van der Waals surface area contributed by atoms with Gasteiger partial charge in [0.05, 0.1) is 45.0 Å². The van der Waals surface area contributed by atoms with Gasteiger partial charge in [0.2, 0.25) is 0 Å². The minimum Gasteiger partial charge on any atom is -0.372 e. The van der Waals surface area contributed by atoms with Crippen LogP contribution in [0.15, 0.2) is 24.3 Å². The lowest BCUT2D eigenvalue weighted by Gasteiger charge is -2.31. The maximum absolute atomic E-state index is 6.41. The molecule has 10 heteroatoms. The molecule has 0 fully saturated rings. The zero-order chi connectivity index (χ0) is 24.3. The quantitative estimate of drug-likeness (QED) is 0.253. The second kappa shape index (κ2) is 9.91. The van der Waals surface area contributed by atoms with Crippen molar-refractivity contribution < 1.29 is 9.47 Å². The zero-order valence-electron chi connectivity index (χ0n) is 18.5. The van der Waals surface area contributed by atoms with Crippen LogP contribution in [0.3, 0.4) is 0 Å². The predicted octanol–water partition coefficient (Wildman–Crippen LogP) is 7.57. The first kappa shape index (κ1) is 24.7. The van der Waals surface area contributed by atoms with Crippen LogP contribution in [-0.4, -0.2) is 32.3 Å². The van der Waals surface area contributed by atoms with E-state index in [1.807, 2.05) is 24.3 Å². The Balaban J connectivity index is 1.19. The number of hydrogen-bond acceptors (Lipinski definition) is 6. The number of nitrogens with one attached hydrogen (secondary N) is 1. The smallest absolute Gasteiger partial charge is 0.0968 e. The summed E-state index contributed by atoms with van der Waals surface area (Å²) < 4.78 is 14.9. The maximum atomic E-state index is 6.41. The van der Waals surface area contributed by atoms with Crippen molar-refractivity contribution in [1.29, 1.82) is 0 Å². The minimum atomic E-state index is -0.165. The van der Waals surface area contributed by atoms with Gasteiger partial charge in [-0.3, -0.25) is 0 Å². The van der Waals surface area contributed by atoms with Crippen molar-refractivity contribution >= 4 is 89.2 Å². The van der Waals surface area contributed by atoms with Gasteiger partial charge in [-0.25, -0.2) is 0 Å². The van der Waals surface area contributed by atoms with Gasteiger partial charge >= 0.3 is 0 Å². The lowest BCUT2D eigenvalue weighted by atomic mass is 9.98. The summed E-state index contributed by atoms with van der Waals surface area (Å²) in [6.45, 7) is 2.51. The Bertz CT molecular complexity index is 1440. The van der Waals surface area contributed by atoms with Crippen LogP contribution < -0.4 is 11.1 Å². The standard InChI is InChI=1S/C25H22Cl4N2O2S2/c26-14-4-12-22(7-17(14)29)35-23-3-11(33-18(8-30)24(12)23)9-31-10-19-25-13-5-15(27)16(28)6-21(13)34-20(25)1-2-32-19/h4-7,11,18-19,31H,1-3,8-10,30H2. The first-order chi connectivity index (χ1) is 16.9. The highest BCUT2D eigenvalue weighted by Gasteiger charge is 2.32. The number of thiophene rings is 2. The molecule has 4 aromatic rings. The van der Waals surface area contributed by atoms with E-state index in [1.54, 1.807) is 22.7 Å². The summed E-state index contributed by atoms with van der Waals surface area (Å²) in [5.41, 5.74) is 8.51. The first-order valence-electron chi connectivity index (χ1n) is 11.4. The van der Waals surface area contributed by atoms with Crippen LogP contribution in [0.1, 0.15) is 33.1 Å². The summed E-state index contributed by atoms with van der Waals surface area (Å²) in [7, 11) is 0. The van der Waals surface area contributed by atoms with Crippen LogP contribution in [0.2, 0.25) is 20.1 Å². The van der Waals surface area contributed by atoms with E-state index in [4.69, 9.17) is 61.6 Å². The van der Waals surface area contributed by atoms with Crippen LogP contribution >= 0.6 is 69.1 Å². The van der Waals surface area contributed by atoms with Gasteiger partial charge in [-0.15, -0.1) is 22.7 Å². The average Bonchev–Trinajstić information content (AvgIpc) is 3.37. The normalized spacial score (nSPS) is 22.0. The van der Waals surface area contributed by atoms with Gasteiger partial charge in [0.15, 0.2) is 0 Å². The van der Waals surface area contributed by atoms with Gasteiger partial charge in [-0.1, -0.05) is 46.4 Å². The molecule has 0 saturated heterocycles. The lowest BCUT2D eigenvalue weighted by Crippen LogP contribution is -2.38. The summed E-state index contributed by atoms with van der Waals surface area (Å²) in [4.78, 5) is 2.64. The van der Waals surface area contributed by atoms with Gasteiger partial charge in [0.1, 0.15) is 0 Å². The molecule has 184 valence electrons. The van der Waals surface area contributed by atoms with E-state index in [0.717, 1.165) is 38.6 Å². The first-order valence-corrected chi connectivity index (χ1v) is 14.6. The molecule has 0 bridgehead atoms. The summed E-state index contributed by atoms with van der Waals surface area (Å²) in [5.74, 6) is 0. The molecule has 0 saturated carbocycles. The lowest BCUT2D eigenvalue weighted by molar-refractivity contribution is -0.0206. The SMILES string of the molecule is NCC1OC(CNCC2OCCc3sc4cc(Cl)c(Cl)cc4c32)Cc2sc3cc(Cl)c(Cl)cc3c21. The molecule has 3 unspecified atom stereocenters. The minimum absolute atomic E-state index is 0.0191. The Morgan fingerprint density at radius 1 is 0.829 bits per heavy atom. The Hall–Kier alpha value is -0.640. The van der Waals surface area contributed by atoms with Crippen molar-refractivity contribution in [3.05, 3.63) is 65.2 Å². The molecule has 2 aromatic carbocycles. The van der Waals surface area contributed by atoms with E-state index < -0.39 is 0 Å². The fourth-order valence-electron chi connectivity index (χ4n) is 5.13. The van der Waals surface area contributed by atoms with E-state index in [9.17, 15) is 0 Å². The van der Waals surface area contributed by atoms with E-state index >= 15 is 0 Å². The Morgan fingerprint density at radius 2 is 1.43 bits per heavy atom. The average molecular weight is 588 g/mol. The fourth-order valence-corrected chi connectivity index (χ4v) is 8.51. The Kier molecular flexibility index (Phi) is 6.99. The summed E-state index contributed by atoms with van der Waals surface area (Å²) in [6, 6.07) is 7.79. The molecular weight excluding hydrogens is 566 g/mol. The molecule has 2 aliphatic rings. The molecule has 0 radical (unpaired) electrons. The highest BCUT2D eigenvalue weighted by molar-refractivity contribution is 7.19. The molecule has 0 spiro atoms. The van der Waals surface area contributed by atoms with Crippen molar-refractivity contribution in [3.8, 4) is 0 Å². The van der Waals surface area contributed by atoms with Crippen LogP contribution in [0.25, 0.3) is 20.2 Å². The Labute approximate surface area is 231 Å². The third-order valence-corrected chi connectivity index (χ3v) is 10.5. The van der Waals surface area contributed by atoms with Gasteiger partial charge in [-0.2, -0.15) is 0 Å². The highest BCUT2D eigenvalue weighted by Crippen LogP contribution is 2.44. The van der Waals surface area contributed by atoms with Crippen LogP contribution in [0.5, 0.6) is 0 Å². The molecule has 3 N–H and O–H groups in total. The van der Waals surface area contributed by atoms with Gasteiger partial charge < -0.3 is 20.5 Å². The van der Waals surface area contributed by atoms with Crippen molar-refractivity contribution in [2.24, 2.45) is 5.73 Å². The van der Waals surface area contributed by atoms with Gasteiger partial charge in [0.25, 0.3) is 0 Å². The zero-order valence-corrected chi connectivity index (χ0v) is 23.2. The van der Waals surface area contributed by atoms with E-state index in [2.05, 4.69) is 5.32 Å². The number of hydrogen-bond donors (Lipinski definition) is 2. The third kappa shape index (κ3) is 4.50. The number of fused-ring (bicyclic) bond motifs is 6. The fraction of sp³-hybridized carbons (Fsp3) is 0.360. The largest absolute Gasteiger partial charge is 0.372 e. The number of rotatable bonds is 5. The molecule has 4 heterocycles. The highest BCUT2D eigenvalue weighted by atomic mass is 35.5.